The largest absolute Gasteiger partial charge is 0.480 e. The second-order valence-corrected chi connectivity index (χ2v) is 4.61. The molecule has 80 valence electrons. The predicted octanol–water partition coefficient (Wildman–Crippen LogP) is 0.333. The minimum absolute atomic E-state index is 0.0743. The van der Waals surface area contributed by atoms with Gasteiger partial charge in [0.15, 0.2) is 0 Å². The quantitative estimate of drug-likeness (QED) is 0.692. The van der Waals surface area contributed by atoms with Gasteiger partial charge in [-0.2, -0.15) is 24.4 Å². The molecule has 0 saturated carbocycles. The lowest BCUT2D eigenvalue weighted by molar-refractivity contribution is -0.147. The van der Waals surface area contributed by atoms with Crippen molar-refractivity contribution in [2.24, 2.45) is 0 Å². The van der Waals surface area contributed by atoms with Crippen LogP contribution in [0.1, 0.15) is 6.42 Å². The molecule has 0 bridgehead atoms. The molecule has 4 nitrogen and oxygen atoms in total. The molecule has 1 aliphatic rings. The van der Waals surface area contributed by atoms with Crippen molar-refractivity contribution < 1.29 is 14.7 Å². The van der Waals surface area contributed by atoms with Crippen molar-refractivity contribution in [2.45, 2.75) is 17.7 Å². The number of hydrogen-bond donors (Lipinski definition) is 2. The van der Waals surface area contributed by atoms with Crippen LogP contribution < -0.4 is 0 Å². The van der Waals surface area contributed by atoms with Gasteiger partial charge < -0.3 is 10.0 Å². The zero-order chi connectivity index (χ0) is 10.7. The van der Waals surface area contributed by atoms with E-state index in [0.29, 0.717) is 13.0 Å². The molecule has 1 N–H and O–H groups in total. The van der Waals surface area contributed by atoms with E-state index >= 15 is 0 Å². The standard InChI is InChI=1S/C8H13NO3S2/c1-14-5-2-6(8(11)12)9(3-5)7(10)4-13/h5-6,13H,2-4H2,1H3,(H,11,12)/t5?,6-/m0/s1. The molecule has 1 amide bonds. The number of likely N-dealkylation sites (tertiary alicyclic amines) is 1. The molecule has 1 aliphatic heterocycles. The first kappa shape index (κ1) is 11.7. The van der Waals surface area contributed by atoms with Gasteiger partial charge in [-0.3, -0.25) is 4.79 Å². The summed E-state index contributed by atoms with van der Waals surface area (Å²) in [5.74, 6) is -1.04. The lowest BCUT2D eigenvalue weighted by Gasteiger charge is -2.20. The van der Waals surface area contributed by atoms with Crippen molar-refractivity contribution in [3.05, 3.63) is 0 Å². The minimum atomic E-state index is -0.920. The Morgan fingerprint density at radius 3 is 2.71 bits per heavy atom. The molecule has 6 heteroatoms. The molecular weight excluding hydrogens is 222 g/mol. The van der Waals surface area contributed by atoms with Gasteiger partial charge in [-0.15, -0.1) is 0 Å². The highest BCUT2D eigenvalue weighted by Crippen LogP contribution is 2.26. The van der Waals surface area contributed by atoms with E-state index in [0.717, 1.165) is 0 Å². The van der Waals surface area contributed by atoms with Gasteiger partial charge in [-0.05, 0) is 12.7 Å². The summed E-state index contributed by atoms with van der Waals surface area (Å²) >= 11 is 5.47. The van der Waals surface area contributed by atoms with E-state index in [1.54, 1.807) is 11.8 Å². The van der Waals surface area contributed by atoms with Gasteiger partial charge >= 0.3 is 5.97 Å². The van der Waals surface area contributed by atoms with Gasteiger partial charge in [0, 0.05) is 11.8 Å². The van der Waals surface area contributed by atoms with Gasteiger partial charge in [0.25, 0.3) is 0 Å². The Kier molecular flexibility index (Phi) is 4.12. The number of carbonyl (C=O) groups is 2. The monoisotopic (exact) mass is 235 g/mol. The van der Waals surface area contributed by atoms with E-state index in [4.69, 9.17) is 5.11 Å². The number of rotatable bonds is 3. The maximum atomic E-state index is 11.4. The summed E-state index contributed by atoms with van der Waals surface area (Å²) in [5, 5.41) is 9.15. The van der Waals surface area contributed by atoms with Crippen molar-refractivity contribution in [1.29, 1.82) is 0 Å². The topological polar surface area (TPSA) is 57.6 Å². The number of carboxylic acid groups (broad SMARTS) is 1. The summed E-state index contributed by atoms with van der Waals surface area (Å²) in [6.45, 7) is 0.525. The van der Waals surface area contributed by atoms with Crippen LogP contribution in [-0.2, 0) is 9.59 Å². The normalized spacial score (nSPS) is 26.6. The molecule has 2 atom stereocenters. The van der Waals surface area contributed by atoms with Gasteiger partial charge in [-0.25, -0.2) is 4.79 Å². The van der Waals surface area contributed by atoms with Crippen LogP contribution in [0.4, 0.5) is 0 Å². The molecule has 14 heavy (non-hydrogen) atoms. The van der Waals surface area contributed by atoms with Crippen LogP contribution in [0.5, 0.6) is 0 Å². The summed E-state index contributed by atoms with van der Waals surface area (Å²) in [5.41, 5.74) is 0. The average molecular weight is 235 g/mol. The number of thiol groups is 1. The fraction of sp³-hybridized carbons (Fsp3) is 0.750. The Morgan fingerprint density at radius 1 is 1.64 bits per heavy atom. The molecule has 0 aromatic heterocycles. The third kappa shape index (κ3) is 2.36. The zero-order valence-electron chi connectivity index (χ0n) is 7.84. The molecule has 0 radical (unpaired) electrons. The lowest BCUT2D eigenvalue weighted by atomic mass is 10.2. The third-order valence-electron chi connectivity index (χ3n) is 2.34. The number of nitrogens with zero attached hydrogens (tertiary/aromatic N) is 1. The summed E-state index contributed by atoms with van der Waals surface area (Å²) in [7, 11) is 0. The fourth-order valence-electron chi connectivity index (χ4n) is 1.57. The molecule has 1 saturated heterocycles. The van der Waals surface area contributed by atoms with E-state index in [2.05, 4.69) is 12.6 Å². The molecule has 0 spiro atoms. The summed E-state index contributed by atoms with van der Waals surface area (Å²) in [4.78, 5) is 23.6. The molecule has 0 aromatic carbocycles. The average Bonchev–Trinajstić information content (AvgIpc) is 2.60. The van der Waals surface area contributed by atoms with Crippen LogP contribution in [0.15, 0.2) is 0 Å². The fourth-order valence-corrected chi connectivity index (χ4v) is 2.43. The van der Waals surface area contributed by atoms with Gasteiger partial charge in [0.1, 0.15) is 6.04 Å². The first-order valence-corrected chi connectivity index (χ1v) is 6.18. The van der Waals surface area contributed by atoms with E-state index < -0.39 is 12.0 Å². The number of aliphatic carboxylic acids is 1. The highest BCUT2D eigenvalue weighted by Gasteiger charge is 2.38. The molecule has 0 aromatic rings. The van der Waals surface area contributed by atoms with Crippen molar-refractivity contribution in [2.75, 3.05) is 18.6 Å². The molecule has 1 rings (SSSR count). The first-order valence-electron chi connectivity index (χ1n) is 4.26. The van der Waals surface area contributed by atoms with Crippen LogP contribution in [0.3, 0.4) is 0 Å². The van der Waals surface area contributed by atoms with Crippen LogP contribution in [0, 0.1) is 0 Å². The van der Waals surface area contributed by atoms with E-state index in [1.807, 2.05) is 6.26 Å². The van der Waals surface area contributed by atoms with E-state index in [1.165, 1.54) is 4.90 Å². The van der Waals surface area contributed by atoms with E-state index in [9.17, 15) is 9.59 Å². The zero-order valence-corrected chi connectivity index (χ0v) is 9.55. The van der Waals surface area contributed by atoms with Gasteiger partial charge in [-0.1, -0.05) is 0 Å². The molecule has 1 unspecified atom stereocenters. The summed E-state index contributed by atoms with van der Waals surface area (Å²) < 4.78 is 0. The van der Waals surface area contributed by atoms with Crippen molar-refractivity contribution in [1.82, 2.24) is 4.90 Å². The SMILES string of the molecule is CSC1C[C@@H](C(=O)O)N(C(=O)CS)C1. The van der Waals surface area contributed by atoms with Crippen LogP contribution in [0.2, 0.25) is 0 Å². The smallest absolute Gasteiger partial charge is 0.326 e. The van der Waals surface area contributed by atoms with Gasteiger partial charge in [0.05, 0.1) is 5.75 Å². The van der Waals surface area contributed by atoms with Crippen LogP contribution in [0.25, 0.3) is 0 Å². The second-order valence-electron chi connectivity index (χ2n) is 3.15. The van der Waals surface area contributed by atoms with Gasteiger partial charge in [0.2, 0.25) is 5.91 Å². The Morgan fingerprint density at radius 2 is 2.29 bits per heavy atom. The third-order valence-corrected chi connectivity index (χ3v) is 3.62. The van der Waals surface area contributed by atoms with Crippen LogP contribution >= 0.6 is 24.4 Å². The Hall–Kier alpha value is -0.360. The summed E-state index contributed by atoms with van der Waals surface area (Å²) in [6.07, 6.45) is 2.47. The Balaban J connectivity index is 2.71. The van der Waals surface area contributed by atoms with Crippen molar-refractivity contribution >= 4 is 36.3 Å². The highest BCUT2D eigenvalue weighted by atomic mass is 32.2. The number of thioether (sulfide) groups is 1. The van der Waals surface area contributed by atoms with E-state index in [-0.39, 0.29) is 16.9 Å². The molecule has 0 aliphatic carbocycles. The molecule has 1 fully saturated rings. The number of hydrogen-bond acceptors (Lipinski definition) is 4. The number of amides is 1. The van der Waals surface area contributed by atoms with Crippen molar-refractivity contribution in [3.63, 3.8) is 0 Å². The van der Waals surface area contributed by atoms with Crippen molar-refractivity contribution in [3.8, 4) is 0 Å². The second kappa shape index (κ2) is 4.93. The summed E-state index contributed by atoms with van der Waals surface area (Å²) in [6, 6.07) is -0.660. The number of carboxylic acids is 1. The minimum Gasteiger partial charge on any atom is -0.480 e. The maximum absolute atomic E-state index is 11.4. The van der Waals surface area contributed by atoms with Crippen LogP contribution in [-0.4, -0.2) is 51.7 Å². The molecular formula is C8H13NO3S2. The Bertz CT molecular complexity index is 247. The highest BCUT2D eigenvalue weighted by molar-refractivity contribution is 7.99. The first-order chi connectivity index (χ1) is 6.60. The molecule has 1 heterocycles. The lowest BCUT2D eigenvalue weighted by Crippen LogP contribution is -2.41. The Labute approximate surface area is 92.4 Å². The predicted molar refractivity (Wildman–Crippen MR) is 58.9 cm³/mol. The number of carbonyl (C=O) groups excluding carboxylic acids is 1. The maximum Gasteiger partial charge on any atom is 0.326 e.